The Morgan fingerprint density at radius 3 is 2.43 bits per heavy atom. The SMILES string of the molecule is O=C(O)[C@@H](Cc1ccc(Cl)cc1)NCl. The molecule has 0 aromatic heterocycles. The van der Waals surface area contributed by atoms with Gasteiger partial charge in [0.25, 0.3) is 0 Å². The van der Waals surface area contributed by atoms with Crippen molar-refractivity contribution in [2.24, 2.45) is 0 Å². The molecule has 1 aromatic carbocycles. The predicted molar refractivity (Wildman–Crippen MR) is 55.6 cm³/mol. The molecule has 0 aliphatic heterocycles. The van der Waals surface area contributed by atoms with Crippen molar-refractivity contribution >= 4 is 29.3 Å². The molecule has 0 aliphatic carbocycles. The molecule has 1 rings (SSSR count). The van der Waals surface area contributed by atoms with Crippen LogP contribution in [-0.4, -0.2) is 17.1 Å². The third-order valence-electron chi connectivity index (χ3n) is 1.78. The number of carboxylic acid groups (broad SMARTS) is 1. The number of benzene rings is 1. The Morgan fingerprint density at radius 2 is 2.00 bits per heavy atom. The molecule has 0 spiro atoms. The van der Waals surface area contributed by atoms with Crippen LogP contribution in [0.15, 0.2) is 24.3 Å². The van der Waals surface area contributed by atoms with Gasteiger partial charge in [-0.25, -0.2) is 4.84 Å². The standard InChI is InChI=1S/C9H9Cl2NO2/c10-7-3-1-6(2-4-7)5-8(12-11)9(13)14/h1-4,8,12H,5H2,(H,13,14)/t8-/m1/s1. The van der Waals surface area contributed by atoms with E-state index in [1.54, 1.807) is 24.3 Å². The van der Waals surface area contributed by atoms with Crippen LogP contribution < -0.4 is 4.84 Å². The monoisotopic (exact) mass is 233 g/mol. The smallest absolute Gasteiger partial charge is 0.322 e. The second-order valence-corrected chi connectivity index (χ2v) is 3.49. The fourth-order valence-electron chi connectivity index (χ4n) is 1.03. The molecule has 0 heterocycles. The zero-order valence-electron chi connectivity index (χ0n) is 7.21. The second kappa shape index (κ2) is 5.20. The maximum absolute atomic E-state index is 10.6. The Morgan fingerprint density at radius 1 is 1.43 bits per heavy atom. The highest BCUT2D eigenvalue weighted by Gasteiger charge is 2.15. The Kier molecular flexibility index (Phi) is 4.20. The van der Waals surface area contributed by atoms with E-state index in [1.165, 1.54) is 0 Å². The van der Waals surface area contributed by atoms with E-state index in [2.05, 4.69) is 4.84 Å². The number of hydrogen-bond acceptors (Lipinski definition) is 2. The van der Waals surface area contributed by atoms with Crippen molar-refractivity contribution in [1.29, 1.82) is 0 Å². The topological polar surface area (TPSA) is 49.3 Å². The molecule has 1 atom stereocenters. The number of nitrogens with one attached hydrogen (secondary N) is 1. The maximum Gasteiger partial charge on any atom is 0.322 e. The Labute approximate surface area is 91.8 Å². The van der Waals surface area contributed by atoms with Crippen molar-refractivity contribution in [1.82, 2.24) is 4.84 Å². The lowest BCUT2D eigenvalue weighted by molar-refractivity contribution is -0.138. The number of halogens is 2. The first-order valence-corrected chi connectivity index (χ1v) is 4.72. The Balaban J connectivity index is 2.67. The summed E-state index contributed by atoms with van der Waals surface area (Å²) < 4.78 is 0. The molecule has 0 saturated carbocycles. The van der Waals surface area contributed by atoms with Crippen LogP contribution in [0.3, 0.4) is 0 Å². The van der Waals surface area contributed by atoms with Gasteiger partial charge < -0.3 is 5.11 Å². The summed E-state index contributed by atoms with van der Waals surface area (Å²) in [6.07, 6.45) is 0.329. The highest BCUT2D eigenvalue weighted by Crippen LogP contribution is 2.11. The molecule has 0 bridgehead atoms. The predicted octanol–water partition coefficient (Wildman–Crippen LogP) is 2.08. The highest BCUT2D eigenvalue weighted by molar-refractivity contribution is 6.30. The van der Waals surface area contributed by atoms with Gasteiger partial charge in [0.1, 0.15) is 6.04 Å². The highest BCUT2D eigenvalue weighted by atomic mass is 35.5. The minimum Gasteiger partial charge on any atom is -0.480 e. The molecular weight excluding hydrogens is 225 g/mol. The molecule has 0 aliphatic rings. The molecule has 76 valence electrons. The molecule has 0 unspecified atom stereocenters. The van der Waals surface area contributed by atoms with E-state index in [1.807, 2.05) is 0 Å². The van der Waals surface area contributed by atoms with Gasteiger partial charge in [-0.15, -0.1) is 0 Å². The van der Waals surface area contributed by atoms with Crippen LogP contribution in [-0.2, 0) is 11.2 Å². The van der Waals surface area contributed by atoms with Crippen LogP contribution in [0.25, 0.3) is 0 Å². The average molecular weight is 234 g/mol. The van der Waals surface area contributed by atoms with E-state index in [0.29, 0.717) is 11.4 Å². The normalized spacial score (nSPS) is 12.4. The van der Waals surface area contributed by atoms with E-state index in [9.17, 15) is 4.79 Å². The van der Waals surface area contributed by atoms with Gasteiger partial charge in [-0.05, 0) is 35.9 Å². The third kappa shape index (κ3) is 3.18. The summed E-state index contributed by atoms with van der Waals surface area (Å²) in [4.78, 5) is 12.8. The van der Waals surface area contributed by atoms with Gasteiger partial charge in [0, 0.05) is 5.02 Å². The van der Waals surface area contributed by atoms with Crippen LogP contribution in [0, 0.1) is 0 Å². The number of carbonyl (C=O) groups is 1. The van der Waals surface area contributed by atoms with E-state index >= 15 is 0 Å². The van der Waals surface area contributed by atoms with Crippen molar-refractivity contribution in [3.05, 3.63) is 34.9 Å². The molecule has 0 amide bonds. The maximum atomic E-state index is 10.6. The number of hydrogen-bond donors (Lipinski definition) is 2. The Bertz CT molecular complexity index is 313. The molecule has 5 heteroatoms. The summed E-state index contributed by atoms with van der Waals surface area (Å²) in [5, 5.41) is 9.34. The molecule has 1 aromatic rings. The van der Waals surface area contributed by atoms with Crippen LogP contribution in [0.1, 0.15) is 5.56 Å². The summed E-state index contributed by atoms with van der Waals surface area (Å²) in [5.74, 6) is -0.977. The zero-order valence-corrected chi connectivity index (χ0v) is 8.72. The van der Waals surface area contributed by atoms with Gasteiger partial charge >= 0.3 is 5.97 Å². The quantitative estimate of drug-likeness (QED) is 0.784. The number of rotatable bonds is 4. The molecule has 3 nitrogen and oxygen atoms in total. The van der Waals surface area contributed by atoms with Gasteiger partial charge in [-0.3, -0.25) is 4.79 Å². The molecule has 14 heavy (non-hydrogen) atoms. The summed E-state index contributed by atoms with van der Waals surface area (Å²) >= 11 is 11.0. The van der Waals surface area contributed by atoms with Crippen molar-refractivity contribution in [3.63, 3.8) is 0 Å². The van der Waals surface area contributed by atoms with Crippen molar-refractivity contribution in [3.8, 4) is 0 Å². The lowest BCUT2D eigenvalue weighted by Crippen LogP contribution is -2.32. The van der Waals surface area contributed by atoms with Crippen molar-refractivity contribution in [2.75, 3.05) is 0 Å². The summed E-state index contributed by atoms with van der Waals surface area (Å²) in [7, 11) is 0. The van der Waals surface area contributed by atoms with Crippen LogP contribution in [0.4, 0.5) is 0 Å². The van der Waals surface area contributed by atoms with Crippen LogP contribution in [0.2, 0.25) is 5.02 Å². The minimum atomic E-state index is -0.977. The van der Waals surface area contributed by atoms with Crippen molar-refractivity contribution in [2.45, 2.75) is 12.5 Å². The lowest BCUT2D eigenvalue weighted by Gasteiger charge is -2.09. The van der Waals surface area contributed by atoms with E-state index in [-0.39, 0.29) is 0 Å². The van der Waals surface area contributed by atoms with E-state index < -0.39 is 12.0 Å². The van der Waals surface area contributed by atoms with Crippen molar-refractivity contribution < 1.29 is 9.90 Å². The molecular formula is C9H9Cl2NO2. The summed E-state index contributed by atoms with van der Waals surface area (Å²) in [6.45, 7) is 0. The molecule has 0 saturated heterocycles. The first-order chi connectivity index (χ1) is 6.63. The fraction of sp³-hybridized carbons (Fsp3) is 0.222. The second-order valence-electron chi connectivity index (χ2n) is 2.83. The fourth-order valence-corrected chi connectivity index (χ4v) is 1.33. The average Bonchev–Trinajstić information content (AvgIpc) is 2.16. The zero-order chi connectivity index (χ0) is 10.6. The number of aliphatic carboxylic acids is 1. The first-order valence-electron chi connectivity index (χ1n) is 3.97. The van der Waals surface area contributed by atoms with E-state index in [0.717, 1.165) is 5.56 Å². The summed E-state index contributed by atoms with van der Waals surface area (Å²) in [6, 6.07) is 6.19. The Hall–Kier alpha value is -0.770. The van der Waals surface area contributed by atoms with Gasteiger partial charge in [0.15, 0.2) is 0 Å². The van der Waals surface area contributed by atoms with Gasteiger partial charge in [0.05, 0.1) is 0 Å². The number of carboxylic acids is 1. The molecule has 2 N–H and O–H groups in total. The van der Waals surface area contributed by atoms with Crippen LogP contribution in [0.5, 0.6) is 0 Å². The molecule has 0 radical (unpaired) electrons. The van der Waals surface area contributed by atoms with E-state index in [4.69, 9.17) is 28.5 Å². The molecule has 0 fully saturated rings. The first kappa shape index (κ1) is 11.3. The summed E-state index contributed by atoms with van der Waals surface area (Å²) in [5.41, 5.74) is 0.870. The lowest BCUT2D eigenvalue weighted by atomic mass is 10.1. The third-order valence-corrected chi connectivity index (χ3v) is 2.30. The van der Waals surface area contributed by atoms with Gasteiger partial charge in [-0.2, -0.15) is 0 Å². The minimum absolute atomic E-state index is 0.329. The van der Waals surface area contributed by atoms with Crippen LogP contribution >= 0.6 is 23.4 Å². The largest absolute Gasteiger partial charge is 0.480 e. The van der Waals surface area contributed by atoms with Gasteiger partial charge in [-0.1, -0.05) is 23.7 Å². The van der Waals surface area contributed by atoms with Gasteiger partial charge in [0.2, 0.25) is 0 Å².